The zero-order valence-corrected chi connectivity index (χ0v) is 5.83. The van der Waals surface area contributed by atoms with Crippen molar-refractivity contribution in [3.63, 3.8) is 0 Å². The summed E-state index contributed by atoms with van der Waals surface area (Å²) in [6, 6.07) is 12.6. The predicted molar refractivity (Wildman–Crippen MR) is 39.3 cm³/mol. The topological polar surface area (TPSA) is 23.8 Å². The van der Waals surface area contributed by atoms with Crippen LogP contribution in [0.5, 0.6) is 0 Å². The Morgan fingerprint density at radius 2 is 2.50 bits per heavy atom. The van der Waals surface area contributed by atoms with Crippen LogP contribution in [-0.2, 0) is 0 Å². The Bertz CT molecular complexity index is 233. The third kappa shape index (κ3) is 1.35. The first-order chi connectivity index (χ1) is 4.84. The standard InChI is InChI=1S/C9H8N/c1-8(7-10)9-5-3-2-4-6-9/h2-3,5-6,8H,1H3. The van der Waals surface area contributed by atoms with Gasteiger partial charge in [-0.2, -0.15) is 5.26 Å². The van der Waals surface area contributed by atoms with Crippen molar-refractivity contribution in [2.24, 2.45) is 0 Å². The first-order valence-electron chi connectivity index (χ1n) is 3.20. The van der Waals surface area contributed by atoms with E-state index in [0.29, 0.717) is 0 Å². The van der Waals surface area contributed by atoms with Crippen molar-refractivity contribution in [1.82, 2.24) is 0 Å². The normalized spacial score (nSPS) is 12.0. The molecule has 0 aliphatic heterocycles. The zero-order valence-electron chi connectivity index (χ0n) is 5.83. The molecule has 1 unspecified atom stereocenters. The van der Waals surface area contributed by atoms with Crippen molar-refractivity contribution in [3.8, 4) is 6.07 Å². The fourth-order valence-corrected chi connectivity index (χ4v) is 0.751. The lowest BCUT2D eigenvalue weighted by Gasteiger charge is -1.98. The summed E-state index contributed by atoms with van der Waals surface area (Å²) < 4.78 is 0. The lowest BCUT2D eigenvalue weighted by Crippen LogP contribution is -1.86. The highest BCUT2D eigenvalue weighted by Crippen LogP contribution is 2.11. The van der Waals surface area contributed by atoms with Crippen LogP contribution in [0.3, 0.4) is 0 Å². The van der Waals surface area contributed by atoms with Crippen LogP contribution in [-0.4, -0.2) is 0 Å². The predicted octanol–water partition coefficient (Wildman–Crippen LogP) is 2.11. The third-order valence-corrected chi connectivity index (χ3v) is 1.42. The maximum absolute atomic E-state index is 8.52. The Balaban J connectivity index is 2.88. The molecule has 1 aromatic rings. The molecule has 0 aromatic heterocycles. The van der Waals surface area contributed by atoms with Gasteiger partial charge in [0.25, 0.3) is 0 Å². The van der Waals surface area contributed by atoms with Crippen molar-refractivity contribution in [2.75, 3.05) is 0 Å². The zero-order chi connectivity index (χ0) is 7.40. The molecule has 1 nitrogen and oxygen atoms in total. The molecule has 0 amide bonds. The number of nitrogens with zero attached hydrogens (tertiary/aromatic N) is 1. The highest BCUT2D eigenvalue weighted by Gasteiger charge is 1.99. The molecule has 0 saturated heterocycles. The quantitative estimate of drug-likeness (QED) is 0.571. The van der Waals surface area contributed by atoms with Gasteiger partial charge in [-0.1, -0.05) is 18.2 Å². The molecule has 0 fully saturated rings. The summed E-state index contributed by atoms with van der Waals surface area (Å²) in [5.74, 6) is -0.0163. The SMILES string of the molecule is CC(C#N)c1c[c]ccc1. The molecule has 10 heavy (non-hydrogen) atoms. The van der Waals surface area contributed by atoms with E-state index in [4.69, 9.17) is 5.26 Å². The van der Waals surface area contributed by atoms with Crippen molar-refractivity contribution < 1.29 is 0 Å². The Morgan fingerprint density at radius 1 is 1.70 bits per heavy atom. The van der Waals surface area contributed by atoms with Gasteiger partial charge in [-0.25, -0.2) is 0 Å². The summed E-state index contributed by atoms with van der Waals surface area (Å²) in [6.45, 7) is 1.88. The number of hydrogen-bond acceptors (Lipinski definition) is 1. The largest absolute Gasteiger partial charge is 0.198 e. The lowest BCUT2D eigenvalue weighted by atomic mass is 10.0. The Labute approximate surface area is 60.9 Å². The Morgan fingerprint density at radius 3 is 3.00 bits per heavy atom. The van der Waals surface area contributed by atoms with E-state index < -0.39 is 0 Å². The van der Waals surface area contributed by atoms with Crippen molar-refractivity contribution in [2.45, 2.75) is 12.8 Å². The van der Waals surface area contributed by atoms with E-state index in [2.05, 4.69) is 12.1 Å². The first-order valence-corrected chi connectivity index (χ1v) is 3.20. The minimum Gasteiger partial charge on any atom is -0.198 e. The maximum Gasteiger partial charge on any atom is 0.0700 e. The minimum atomic E-state index is -0.0163. The van der Waals surface area contributed by atoms with E-state index >= 15 is 0 Å². The van der Waals surface area contributed by atoms with Crippen molar-refractivity contribution in [3.05, 3.63) is 35.9 Å². The Hall–Kier alpha value is -1.29. The Kier molecular flexibility index (Phi) is 2.07. The van der Waals surface area contributed by atoms with Gasteiger partial charge >= 0.3 is 0 Å². The van der Waals surface area contributed by atoms with Crippen LogP contribution >= 0.6 is 0 Å². The molecule has 0 spiro atoms. The van der Waals surface area contributed by atoms with E-state index in [1.807, 2.05) is 31.2 Å². The van der Waals surface area contributed by atoms with Crippen molar-refractivity contribution >= 4 is 0 Å². The molecule has 0 aliphatic rings. The van der Waals surface area contributed by atoms with Crippen LogP contribution < -0.4 is 0 Å². The first kappa shape index (κ1) is 6.82. The molecule has 0 bridgehead atoms. The lowest BCUT2D eigenvalue weighted by molar-refractivity contribution is 0.981. The molecule has 1 atom stereocenters. The van der Waals surface area contributed by atoms with Crippen LogP contribution in [0.2, 0.25) is 0 Å². The molecule has 0 heterocycles. The number of rotatable bonds is 1. The van der Waals surface area contributed by atoms with Gasteiger partial charge in [-0.05, 0) is 24.6 Å². The van der Waals surface area contributed by atoms with Gasteiger partial charge in [-0.3, -0.25) is 0 Å². The number of nitriles is 1. The van der Waals surface area contributed by atoms with E-state index in [1.165, 1.54) is 0 Å². The number of hydrogen-bond donors (Lipinski definition) is 0. The van der Waals surface area contributed by atoms with Crippen LogP contribution in [0, 0.1) is 17.4 Å². The number of benzene rings is 1. The van der Waals surface area contributed by atoms with Gasteiger partial charge in [0.05, 0.1) is 12.0 Å². The summed E-state index contributed by atoms with van der Waals surface area (Å²) in [5, 5.41) is 8.52. The molecule has 0 aliphatic carbocycles. The summed E-state index contributed by atoms with van der Waals surface area (Å²) >= 11 is 0. The smallest absolute Gasteiger partial charge is 0.0700 e. The van der Waals surface area contributed by atoms with Crippen LogP contribution in [0.4, 0.5) is 0 Å². The van der Waals surface area contributed by atoms with Gasteiger partial charge in [0, 0.05) is 0 Å². The fraction of sp³-hybridized carbons (Fsp3) is 0.222. The van der Waals surface area contributed by atoms with E-state index in [1.54, 1.807) is 0 Å². The average Bonchev–Trinajstić information content (AvgIpc) is 2.05. The van der Waals surface area contributed by atoms with Gasteiger partial charge in [0.1, 0.15) is 0 Å². The molecule has 1 heteroatoms. The second-order valence-electron chi connectivity index (χ2n) is 2.19. The molecular formula is C9H8N. The van der Waals surface area contributed by atoms with Gasteiger partial charge in [0.15, 0.2) is 0 Å². The molecule has 0 N–H and O–H groups in total. The van der Waals surface area contributed by atoms with Crippen LogP contribution in [0.25, 0.3) is 0 Å². The van der Waals surface area contributed by atoms with E-state index in [0.717, 1.165) is 5.56 Å². The van der Waals surface area contributed by atoms with E-state index in [9.17, 15) is 0 Å². The molecule has 49 valence electrons. The third-order valence-electron chi connectivity index (χ3n) is 1.42. The summed E-state index contributed by atoms with van der Waals surface area (Å²) in [5.41, 5.74) is 1.03. The fourth-order valence-electron chi connectivity index (χ4n) is 0.751. The van der Waals surface area contributed by atoms with E-state index in [-0.39, 0.29) is 5.92 Å². The van der Waals surface area contributed by atoms with Crippen LogP contribution in [0.1, 0.15) is 18.4 Å². The maximum atomic E-state index is 8.52. The van der Waals surface area contributed by atoms with Crippen LogP contribution in [0.15, 0.2) is 24.3 Å². The molecule has 1 radical (unpaired) electrons. The van der Waals surface area contributed by atoms with Gasteiger partial charge in [0.2, 0.25) is 0 Å². The van der Waals surface area contributed by atoms with Crippen molar-refractivity contribution in [1.29, 1.82) is 5.26 Å². The van der Waals surface area contributed by atoms with Gasteiger partial charge in [-0.15, -0.1) is 0 Å². The second-order valence-corrected chi connectivity index (χ2v) is 2.19. The summed E-state index contributed by atoms with van der Waals surface area (Å²) in [6.07, 6.45) is 0. The molecule has 1 aromatic carbocycles. The average molecular weight is 130 g/mol. The molecular weight excluding hydrogens is 122 g/mol. The minimum absolute atomic E-state index is 0.0163. The highest BCUT2D eigenvalue weighted by molar-refractivity contribution is 5.22. The highest BCUT2D eigenvalue weighted by atomic mass is 14.3. The summed E-state index contributed by atoms with van der Waals surface area (Å²) in [7, 11) is 0. The van der Waals surface area contributed by atoms with Gasteiger partial charge < -0.3 is 0 Å². The molecule has 1 rings (SSSR count). The second kappa shape index (κ2) is 3.03. The molecule has 0 saturated carbocycles. The summed E-state index contributed by atoms with van der Waals surface area (Å²) in [4.78, 5) is 0. The monoisotopic (exact) mass is 130 g/mol.